The van der Waals surface area contributed by atoms with Crippen molar-refractivity contribution >= 4 is 0 Å². The van der Waals surface area contributed by atoms with Crippen LogP contribution < -0.4 is 0 Å². The van der Waals surface area contributed by atoms with E-state index in [1.807, 2.05) is 0 Å². The third-order valence-electron chi connectivity index (χ3n) is 2.78. The number of hydrogen-bond acceptors (Lipinski definition) is 0. The highest BCUT2D eigenvalue weighted by Gasteiger charge is 2.41. The topological polar surface area (TPSA) is 0 Å². The van der Waals surface area contributed by atoms with Crippen molar-refractivity contribution < 1.29 is 0 Å². The van der Waals surface area contributed by atoms with Crippen molar-refractivity contribution in [3.8, 4) is 12.3 Å². The van der Waals surface area contributed by atoms with E-state index in [0.717, 1.165) is 11.8 Å². The summed E-state index contributed by atoms with van der Waals surface area (Å²) in [5.41, 5.74) is 0. The van der Waals surface area contributed by atoms with Gasteiger partial charge in [0.25, 0.3) is 0 Å². The predicted molar refractivity (Wildman–Crippen MR) is 37.8 cm³/mol. The first-order chi connectivity index (χ1) is 4.40. The highest BCUT2D eigenvalue weighted by molar-refractivity contribution is 5.02. The molecule has 0 nitrogen and oxygen atoms in total. The van der Waals surface area contributed by atoms with E-state index in [-0.39, 0.29) is 0 Å². The minimum absolute atomic E-state index is 0.633. The molecule has 0 heterocycles. The van der Waals surface area contributed by atoms with Crippen LogP contribution in [-0.4, -0.2) is 0 Å². The molecule has 0 aromatic carbocycles. The summed E-state index contributed by atoms with van der Waals surface area (Å²) in [5, 5.41) is 0. The fourth-order valence-electron chi connectivity index (χ4n) is 2.00. The van der Waals surface area contributed by atoms with Gasteiger partial charge in [0.15, 0.2) is 0 Å². The van der Waals surface area contributed by atoms with E-state index < -0.39 is 0 Å². The van der Waals surface area contributed by atoms with Crippen LogP contribution in [0.15, 0.2) is 0 Å². The van der Waals surface area contributed by atoms with Gasteiger partial charge >= 0.3 is 0 Å². The van der Waals surface area contributed by atoms with Gasteiger partial charge in [-0.15, -0.1) is 12.3 Å². The van der Waals surface area contributed by atoms with Crippen LogP contribution in [0.3, 0.4) is 0 Å². The fraction of sp³-hybridized carbons (Fsp3) is 0.778. The van der Waals surface area contributed by atoms with Crippen LogP contribution in [0, 0.1) is 30.1 Å². The third kappa shape index (κ3) is 0.852. The van der Waals surface area contributed by atoms with E-state index >= 15 is 0 Å². The molecule has 2 saturated carbocycles. The smallest absolute Gasteiger partial charge is 0.0203 e. The van der Waals surface area contributed by atoms with Gasteiger partial charge in [0.05, 0.1) is 0 Å². The van der Waals surface area contributed by atoms with E-state index in [0.29, 0.717) is 5.92 Å². The molecular formula is C9H12. The van der Waals surface area contributed by atoms with Gasteiger partial charge in [-0.1, -0.05) is 0 Å². The van der Waals surface area contributed by atoms with Crippen molar-refractivity contribution in [2.75, 3.05) is 0 Å². The Morgan fingerprint density at radius 2 is 2.00 bits per heavy atom. The van der Waals surface area contributed by atoms with Crippen molar-refractivity contribution in [1.82, 2.24) is 0 Å². The Bertz CT molecular complexity index is 152. The molecule has 0 aromatic rings. The van der Waals surface area contributed by atoms with Crippen molar-refractivity contribution in [2.24, 2.45) is 17.8 Å². The molecule has 0 amide bonds. The molecule has 3 unspecified atom stereocenters. The summed E-state index contributed by atoms with van der Waals surface area (Å²) in [5.74, 6) is 5.63. The van der Waals surface area contributed by atoms with Gasteiger partial charge in [-0.3, -0.25) is 0 Å². The van der Waals surface area contributed by atoms with E-state index in [1.54, 1.807) is 0 Å². The lowest BCUT2D eigenvalue weighted by Gasteiger charge is -2.14. The zero-order valence-electron chi connectivity index (χ0n) is 5.64. The number of terminal acetylenes is 1. The molecule has 0 aliphatic heterocycles. The minimum Gasteiger partial charge on any atom is -0.120 e. The number of rotatable bonds is 0. The Balaban J connectivity index is 1.95. The van der Waals surface area contributed by atoms with Crippen LogP contribution in [0.25, 0.3) is 0 Å². The summed E-state index contributed by atoms with van der Waals surface area (Å²) in [7, 11) is 0. The second kappa shape index (κ2) is 1.77. The third-order valence-corrected chi connectivity index (χ3v) is 2.78. The molecule has 2 aliphatic carbocycles. The van der Waals surface area contributed by atoms with Crippen LogP contribution >= 0.6 is 0 Å². The molecule has 0 saturated heterocycles. The summed E-state index contributed by atoms with van der Waals surface area (Å²) in [6, 6.07) is 0. The van der Waals surface area contributed by atoms with Gasteiger partial charge in [-0.25, -0.2) is 0 Å². The quantitative estimate of drug-likeness (QED) is 0.429. The molecule has 0 bridgehead atoms. The summed E-state index contributed by atoms with van der Waals surface area (Å²) in [4.78, 5) is 0. The predicted octanol–water partition coefficient (Wildman–Crippen LogP) is 2.06. The summed E-state index contributed by atoms with van der Waals surface area (Å²) in [6.07, 6.45) is 10.9. The Hall–Kier alpha value is -0.440. The Kier molecular flexibility index (Phi) is 1.05. The van der Waals surface area contributed by atoms with Crippen LogP contribution in [0.5, 0.6) is 0 Å². The summed E-state index contributed by atoms with van der Waals surface area (Å²) >= 11 is 0. The maximum absolute atomic E-state index is 5.33. The van der Waals surface area contributed by atoms with Gasteiger partial charge in [-0.2, -0.15) is 0 Å². The lowest BCUT2D eigenvalue weighted by atomic mass is 9.90. The Morgan fingerprint density at radius 1 is 1.11 bits per heavy atom. The molecule has 2 aliphatic rings. The minimum atomic E-state index is 0.633. The SMILES string of the molecule is C#CC1CCC2CC2C1. The first-order valence-corrected chi connectivity index (χ1v) is 3.86. The van der Waals surface area contributed by atoms with Gasteiger partial charge in [0, 0.05) is 5.92 Å². The number of hydrogen-bond donors (Lipinski definition) is 0. The standard InChI is InChI=1S/C9H12/c1-2-7-3-4-8-6-9(8)5-7/h1,7-9H,3-6H2. The average molecular weight is 120 g/mol. The molecule has 0 heteroatoms. The molecule has 0 N–H and O–H groups in total. The fourth-order valence-corrected chi connectivity index (χ4v) is 2.00. The maximum atomic E-state index is 5.33. The van der Waals surface area contributed by atoms with Gasteiger partial charge in [0.1, 0.15) is 0 Å². The van der Waals surface area contributed by atoms with Crippen LogP contribution in [-0.2, 0) is 0 Å². The Labute approximate surface area is 56.6 Å². The van der Waals surface area contributed by atoms with Crippen LogP contribution in [0.4, 0.5) is 0 Å². The van der Waals surface area contributed by atoms with Crippen LogP contribution in [0.2, 0.25) is 0 Å². The van der Waals surface area contributed by atoms with E-state index in [2.05, 4.69) is 5.92 Å². The normalized spacial score (nSPS) is 47.2. The summed E-state index contributed by atoms with van der Waals surface area (Å²) < 4.78 is 0. The molecular weight excluding hydrogens is 108 g/mol. The van der Waals surface area contributed by atoms with Crippen LogP contribution in [0.1, 0.15) is 25.7 Å². The van der Waals surface area contributed by atoms with Crippen molar-refractivity contribution in [1.29, 1.82) is 0 Å². The van der Waals surface area contributed by atoms with Crippen molar-refractivity contribution in [3.63, 3.8) is 0 Å². The largest absolute Gasteiger partial charge is 0.120 e. The zero-order chi connectivity index (χ0) is 6.27. The molecule has 2 fully saturated rings. The number of fused-ring (bicyclic) bond motifs is 1. The van der Waals surface area contributed by atoms with Gasteiger partial charge in [0.2, 0.25) is 0 Å². The summed E-state index contributed by atoms with van der Waals surface area (Å²) in [6.45, 7) is 0. The second-order valence-electron chi connectivity index (χ2n) is 3.43. The molecule has 3 atom stereocenters. The van der Waals surface area contributed by atoms with E-state index in [1.165, 1.54) is 25.7 Å². The van der Waals surface area contributed by atoms with Crippen molar-refractivity contribution in [2.45, 2.75) is 25.7 Å². The lowest BCUT2D eigenvalue weighted by molar-refractivity contribution is 0.411. The lowest BCUT2D eigenvalue weighted by Crippen LogP contribution is -2.05. The highest BCUT2D eigenvalue weighted by Crippen LogP contribution is 2.51. The molecule has 9 heavy (non-hydrogen) atoms. The molecule has 0 radical (unpaired) electrons. The maximum Gasteiger partial charge on any atom is 0.0203 e. The average Bonchev–Trinajstić information content (AvgIpc) is 2.64. The first-order valence-electron chi connectivity index (χ1n) is 3.86. The van der Waals surface area contributed by atoms with Gasteiger partial charge < -0.3 is 0 Å². The Morgan fingerprint density at radius 3 is 2.67 bits per heavy atom. The molecule has 0 aromatic heterocycles. The molecule has 0 spiro atoms. The first kappa shape index (κ1) is 5.35. The second-order valence-corrected chi connectivity index (χ2v) is 3.43. The van der Waals surface area contributed by atoms with Gasteiger partial charge in [-0.05, 0) is 37.5 Å². The zero-order valence-corrected chi connectivity index (χ0v) is 5.64. The van der Waals surface area contributed by atoms with E-state index in [9.17, 15) is 0 Å². The monoisotopic (exact) mass is 120 g/mol. The van der Waals surface area contributed by atoms with E-state index in [4.69, 9.17) is 6.42 Å². The highest BCUT2D eigenvalue weighted by atomic mass is 14.5. The van der Waals surface area contributed by atoms with Crippen molar-refractivity contribution in [3.05, 3.63) is 0 Å². The molecule has 48 valence electrons. The molecule has 2 rings (SSSR count).